The first-order valence-corrected chi connectivity index (χ1v) is 10.4. The quantitative estimate of drug-likeness (QED) is 0.514. The van der Waals surface area contributed by atoms with Gasteiger partial charge in [0.15, 0.2) is 5.78 Å². The van der Waals surface area contributed by atoms with Crippen LogP contribution in [0.4, 0.5) is 8.78 Å². The van der Waals surface area contributed by atoms with E-state index in [4.69, 9.17) is 0 Å². The SMILES string of the molecule is CC(C)(C)NC(=O)C(c1ccc(F)cc1)N(C(=O)/C=C/C(=O)c1ccc(F)cc1)C1CC1. The van der Waals surface area contributed by atoms with Crippen LogP contribution in [-0.2, 0) is 9.59 Å². The molecule has 2 aromatic carbocycles. The fourth-order valence-electron chi connectivity index (χ4n) is 3.34. The summed E-state index contributed by atoms with van der Waals surface area (Å²) in [5.41, 5.74) is 0.183. The van der Waals surface area contributed by atoms with Gasteiger partial charge < -0.3 is 10.2 Å². The third-order valence-corrected chi connectivity index (χ3v) is 4.91. The van der Waals surface area contributed by atoms with Crippen LogP contribution in [0.3, 0.4) is 0 Å². The number of nitrogens with zero attached hydrogens (tertiary/aromatic N) is 1. The molecule has 0 spiro atoms. The third kappa shape index (κ3) is 6.09. The van der Waals surface area contributed by atoms with Gasteiger partial charge in [-0.2, -0.15) is 0 Å². The minimum atomic E-state index is -0.972. The number of hydrogen-bond acceptors (Lipinski definition) is 3. The molecule has 2 amide bonds. The van der Waals surface area contributed by atoms with Gasteiger partial charge in [-0.25, -0.2) is 8.78 Å². The van der Waals surface area contributed by atoms with Gasteiger partial charge in [-0.1, -0.05) is 12.1 Å². The Morgan fingerprint density at radius 3 is 1.97 bits per heavy atom. The summed E-state index contributed by atoms with van der Waals surface area (Å²) >= 11 is 0. The molecule has 1 fully saturated rings. The number of carbonyl (C=O) groups is 3. The Bertz CT molecular complexity index is 1020. The third-order valence-electron chi connectivity index (χ3n) is 4.91. The lowest BCUT2D eigenvalue weighted by Crippen LogP contribution is -2.49. The molecule has 0 radical (unpaired) electrons. The molecule has 0 heterocycles. The van der Waals surface area contributed by atoms with Gasteiger partial charge in [0.05, 0.1) is 0 Å². The van der Waals surface area contributed by atoms with E-state index in [0.29, 0.717) is 5.56 Å². The van der Waals surface area contributed by atoms with Crippen molar-refractivity contribution in [1.82, 2.24) is 10.2 Å². The summed E-state index contributed by atoms with van der Waals surface area (Å²) in [6.07, 6.45) is 3.71. The molecular weight excluding hydrogens is 414 g/mol. The zero-order chi connectivity index (χ0) is 23.5. The minimum absolute atomic E-state index is 0.158. The fraction of sp³-hybridized carbons (Fsp3) is 0.320. The molecule has 3 rings (SSSR count). The maximum absolute atomic E-state index is 13.5. The number of amides is 2. The number of nitrogens with one attached hydrogen (secondary N) is 1. The van der Waals surface area contributed by atoms with Gasteiger partial charge >= 0.3 is 0 Å². The Labute approximate surface area is 186 Å². The maximum Gasteiger partial charge on any atom is 0.247 e. The van der Waals surface area contributed by atoms with E-state index in [-0.39, 0.29) is 17.5 Å². The summed E-state index contributed by atoms with van der Waals surface area (Å²) in [7, 11) is 0. The van der Waals surface area contributed by atoms with Crippen molar-refractivity contribution in [3.8, 4) is 0 Å². The molecule has 5 nitrogen and oxygen atoms in total. The van der Waals surface area contributed by atoms with Gasteiger partial charge in [-0.05, 0) is 81.7 Å². The standard InChI is InChI=1S/C25H26F2N2O3/c1-25(2,3)28-24(32)23(17-6-10-19(27)11-7-17)29(20-12-13-20)22(31)15-14-21(30)16-4-8-18(26)9-5-16/h4-11,14-15,20,23H,12-13H2,1-3H3,(H,28,32)/b15-14+. The van der Waals surface area contributed by atoms with E-state index >= 15 is 0 Å². The molecule has 0 aromatic heterocycles. The molecule has 1 aliphatic rings. The van der Waals surface area contributed by atoms with E-state index in [9.17, 15) is 23.2 Å². The second-order valence-electron chi connectivity index (χ2n) is 8.87. The highest BCUT2D eigenvalue weighted by atomic mass is 19.1. The van der Waals surface area contributed by atoms with E-state index in [0.717, 1.165) is 25.0 Å². The zero-order valence-electron chi connectivity index (χ0n) is 18.3. The molecule has 0 bridgehead atoms. The molecule has 1 unspecified atom stereocenters. The molecule has 0 aliphatic heterocycles. The smallest absolute Gasteiger partial charge is 0.247 e. The molecule has 1 atom stereocenters. The van der Waals surface area contributed by atoms with Crippen LogP contribution in [0.15, 0.2) is 60.7 Å². The van der Waals surface area contributed by atoms with E-state index in [2.05, 4.69) is 5.32 Å². The van der Waals surface area contributed by atoms with Crippen LogP contribution in [0, 0.1) is 11.6 Å². The second kappa shape index (κ2) is 9.42. The predicted molar refractivity (Wildman–Crippen MR) is 117 cm³/mol. The van der Waals surface area contributed by atoms with Crippen LogP contribution >= 0.6 is 0 Å². The highest BCUT2D eigenvalue weighted by Gasteiger charge is 2.41. The number of benzene rings is 2. The highest BCUT2D eigenvalue weighted by molar-refractivity contribution is 6.08. The van der Waals surface area contributed by atoms with E-state index in [1.165, 1.54) is 53.4 Å². The van der Waals surface area contributed by atoms with Crippen LogP contribution in [0.5, 0.6) is 0 Å². The van der Waals surface area contributed by atoms with Crippen LogP contribution < -0.4 is 5.32 Å². The largest absolute Gasteiger partial charge is 0.349 e. The molecule has 1 N–H and O–H groups in total. The van der Waals surface area contributed by atoms with Gasteiger partial charge in [0.1, 0.15) is 17.7 Å². The molecule has 1 aliphatic carbocycles. The Kier molecular flexibility index (Phi) is 6.87. The number of halogens is 2. The van der Waals surface area contributed by atoms with Crippen LogP contribution in [0.1, 0.15) is 55.6 Å². The van der Waals surface area contributed by atoms with Crippen LogP contribution in [0.25, 0.3) is 0 Å². The van der Waals surface area contributed by atoms with Gasteiger partial charge in [0.25, 0.3) is 0 Å². The lowest BCUT2D eigenvalue weighted by atomic mass is 10.0. The first-order valence-electron chi connectivity index (χ1n) is 10.4. The van der Waals surface area contributed by atoms with Crippen molar-refractivity contribution in [2.45, 2.75) is 51.2 Å². The van der Waals surface area contributed by atoms with Crippen molar-refractivity contribution in [1.29, 1.82) is 0 Å². The average Bonchev–Trinajstić information content (AvgIpc) is 3.55. The summed E-state index contributed by atoms with van der Waals surface area (Å²) in [5, 5.41) is 2.89. The van der Waals surface area contributed by atoms with E-state index in [1.807, 2.05) is 20.8 Å². The molecule has 2 aromatic rings. The van der Waals surface area contributed by atoms with Gasteiger partial charge in [-0.15, -0.1) is 0 Å². The normalized spacial score (nSPS) is 14.8. The molecule has 1 saturated carbocycles. The van der Waals surface area contributed by atoms with Crippen molar-refractivity contribution in [3.63, 3.8) is 0 Å². The van der Waals surface area contributed by atoms with Crippen molar-refractivity contribution >= 4 is 17.6 Å². The van der Waals surface area contributed by atoms with Crippen molar-refractivity contribution in [2.75, 3.05) is 0 Å². The molecule has 168 valence electrons. The lowest BCUT2D eigenvalue weighted by molar-refractivity contribution is -0.139. The van der Waals surface area contributed by atoms with Crippen molar-refractivity contribution < 1.29 is 23.2 Å². The van der Waals surface area contributed by atoms with Crippen molar-refractivity contribution in [2.24, 2.45) is 0 Å². The maximum atomic E-state index is 13.5. The van der Waals surface area contributed by atoms with Gasteiger partial charge in [0.2, 0.25) is 11.8 Å². The van der Waals surface area contributed by atoms with Crippen molar-refractivity contribution in [3.05, 3.63) is 83.4 Å². The number of hydrogen-bond donors (Lipinski definition) is 1. The molecular formula is C25H26F2N2O3. The highest BCUT2D eigenvalue weighted by Crippen LogP contribution is 2.35. The summed E-state index contributed by atoms with van der Waals surface area (Å²) in [6.45, 7) is 5.49. The van der Waals surface area contributed by atoms with E-state index < -0.39 is 34.9 Å². The first kappa shape index (κ1) is 23.3. The number of carbonyl (C=O) groups excluding carboxylic acids is 3. The van der Waals surface area contributed by atoms with Crippen LogP contribution in [0.2, 0.25) is 0 Å². The Hall–Kier alpha value is -3.35. The van der Waals surface area contributed by atoms with Gasteiger partial charge in [-0.3, -0.25) is 14.4 Å². The number of rotatable bonds is 7. The topological polar surface area (TPSA) is 66.5 Å². The summed E-state index contributed by atoms with van der Waals surface area (Å²) < 4.78 is 26.6. The Balaban J connectivity index is 1.89. The number of ketones is 1. The Morgan fingerprint density at radius 2 is 1.47 bits per heavy atom. The minimum Gasteiger partial charge on any atom is -0.349 e. The van der Waals surface area contributed by atoms with Gasteiger partial charge in [0, 0.05) is 23.2 Å². The first-order chi connectivity index (χ1) is 15.0. The lowest BCUT2D eigenvalue weighted by Gasteiger charge is -2.33. The summed E-state index contributed by atoms with van der Waals surface area (Å²) in [4.78, 5) is 40.1. The molecule has 0 saturated heterocycles. The zero-order valence-corrected chi connectivity index (χ0v) is 18.3. The molecule has 7 heteroatoms. The van der Waals surface area contributed by atoms with E-state index in [1.54, 1.807) is 0 Å². The monoisotopic (exact) mass is 440 g/mol. The second-order valence-corrected chi connectivity index (χ2v) is 8.87. The number of allylic oxidation sites excluding steroid dienone is 1. The summed E-state index contributed by atoms with van der Waals surface area (Å²) in [5.74, 6) is -2.25. The predicted octanol–water partition coefficient (Wildman–Crippen LogP) is 4.35. The van der Waals surface area contributed by atoms with Crippen LogP contribution in [-0.4, -0.2) is 34.1 Å². The Morgan fingerprint density at radius 1 is 0.938 bits per heavy atom. The molecule has 32 heavy (non-hydrogen) atoms. The average molecular weight is 440 g/mol. The summed E-state index contributed by atoms with van der Waals surface area (Å²) in [6, 6.07) is 9.34. The fourth-order valence-corrected chi connectivity index (χ4v) is 3.34.